The zero-order valence-electron chi connectivity index (χ0n) is 11.9. The number of hydrogen-bond donors (Lipinski definition) is 0. The van der Waals surface area contributed by atoms with Crippen molar-refractivity contribution in [1.29, 1.82) is 0 Å². The zero-order chi connectivity index (χ0) is 11.9. The van der Waals surface area contributed by atoms with Crippen LogP contribution < -0.4 is 0 Å². The van der Waals surface area contributed by atoms with E-state index in [9.17, 15) is 0 Å². The molecular weight excluding hydrogens is 204 g/mol. The first kappa shape index (κ1) is 12.1. The Bertz CT molecular complexity index is 243. The average molecular weight is 234 g/mol. The van der Waals surface area contributed by atoms with Crippen molar-refractivity contribution < 1.29 is 0 Å². The van der Waals surface area contributed by atoms with Crippen LogP contribution in [0.5, 0.6) is 0 Å². The minimum atomic E-state index is 0.786. The molecule has 0 N–H and O–H groups in total. The first-order chi connectivity index (χ1) is 8.15. The third-order valence-corrected chi connectivity index (χ3v) is 6.56. The molecule has 5 aliphatic rings. The Hall–Kier alpha value is 0. The fourth-order valence-corrected chi connectivity index (χ4v) is 5.03. The number of fused-ring (bicyclic) bond motifs is 5. The van der Waals surface area contributed by atoms with E-state index in [1.807, 2.05) is 0 Å². The van der Waals surface area contributed by atoms with E-state index in [2.05, 4.69) is 13.8 Å². The van der Waals surface area contributed by atoms with E-state index in [4.69, 9.17) is 0 Å². The maximum atomic E-state index is 2.47. The van der Waals surface area contributed by atoms with Gasteiger partial charge in [-0.3, -0.25) is 0 Å². The molecule has 0 aromatic rings. The molecular formula is C17H30. The lowest BCUT2D eigenvalue weighted by molar-refractivity contribution is 0.0833. The van der Waals surface area contributed by atoms with Gasteiger partial charge in [-0.05, 0) is 86.9 Å². The van der Waals surface area contributed by atoms with Crippen molar-refractivity contribution in [3.8, 4) is 0 Å². The highest BCUT2D eigenvalue weighted by Crippen LogP contribution is 2.49. The minimum absolute atomic E-state index is 0.786. The van der Waals surface area contributed by atoms with Gasteiger partial charge >= 0.3 is 0 Å². The van der Waals surface area contributed by atoms with Crippen LogP contribution in [0, 0.1) is 29.1 Å². The first-order valence-corrected chi connectivity index (χ1v) is 8.15. The van der Waals surface area contributed by atoms with Crippen LogP contribution in [0.25, 0.3) is 0 Å². The van der Waals surface area contributed by atoms with Crippen LogP contribution >= 0.6 is 0 Å². The second-order valence-electron chi connectivity index (χ2n) is 7.94. The molecule has 5 fully saturated rings. The molecule has 0 spiro atoms. The molecule has 0 amide bonds. The van der Waals surface area contributed by atoms with Crippen molar-refractivity contribution in [2.45, 2.75) is 78.1 Å². The summed E-state index contributed by atoms with van der Waals surface area (Å²) in [7, 11) is 0. The van der Waals surface area contributed by atoms with Gasteiger partial charge in [-0.2, -0.15) is 0 Å². The van der Waals surface area contributed by atoms with Crippen molar-refractivity contribution in [3.63, 3.8) is 0 Å². The Labute approximate surface area is 108 Å². The largest absolute Gasteiger partial charge is 0.0622 e. The van der Waals surface area contributed by atoms with Crippen LogP contribution in [0.3, 0.4) is 0 Å². The summed E-state index contributed by atoms with van der Waals surface area (Å²) in [6, 6.07) is 0. The minimum Gasteiger partial charge on any atom is -0.0622 e. The zero-order valence-corrected chi connectivity index (χ0v) is 11.9. The number of hydrogen-bond acceptors (Lipinski definition) is 0. The topological polar surface area (TPSA) is 0 Å². The molecule has 0 heterocycles. The molecule has 0 saturated heterocycles. The van der Waals surface area contributed by atoms with Crippen LogP contribution in [0.15, 0.2) is 0 Å². The quantitative estimate of drug-likeness (QED) is 0.525. The predicted octanol–water partition coefficient (Wildman–Crippen LogP) is 5.42. The third kappa shape index (κ3) is 2.56. The Morgan fingerprint density at radius 1 is 0.765 bits per heavy atom. The van der Waals surface area contributed by atoms with Crippen LogP contribution in [0.4, 0.5) is 0 Å². The van der Waals surface area contributed by atoms with Gasteiger partial charge in [0.25, 0.3) is 0 Å². The van der Waals surface area contributed by atoms with E-state index in [0.29, 0.717) is 0 Å². The molecule has 4 bridgehead atoms. The van der Waals surface area contributed by atoms with E-state index in [1.54, 1.807) is 25.7 Å². The first-order valence-electron chi connectivity index (χ1n) is 8.15. The predicted molar refractivity (Wildman–Crippen MR) is 73.9 cm³/mol. The van der Waals surface area contributed by atoms with Gasteiger partial charge in [-0.15, -0.1) is 0 Å². The molecule has 3 unspecified atom stereocenters. The molecule has 98 valence electrons. The number of rotatable bonds is 0. The molecule has 3 atom stereocenters. The lowest BCUT2D eigenvalue weighted by Gasteiger charge is -2.44. The molecule has 17 heavy (non-hydrogen) atoms. The second-order valence-corrected chi connectivity index (χ2v) is 7.94. The smallest absolute Gasteiger partial charge is 0.0326 e. The third-order valence-electron chi connectivity index (χ3n) is 6.56. The van der Waals surface area contributed by atoms with Crippen molar-refractivity contribution in [1.82, 2.24) is 0 Å². The van der Waals surface area contributed by atoms with Crippen molar-refractivity contribution in [2.24, 2.45) is 29.1 Å². The molecule has 5 saturated carbocycles. The second kappa shape index (κ2) is 4.59. The standard InChI is InChI=1S/C9H16.C8H14/c1-9-5-2-8(3-6-9)4-7-9;1-6-4-7-2-3-8(6)5-7/h8H,2-7H2,1H3;6-8H,2-5H2,1H3. The van der Waals surface area contributed by atoms with E-state index < -0.39 is 0 Å². The molecule has 0 radical (unpaired) electrons. The van der Waals surface area contributed by atoms with Gasteiger partial charge in [0.15, 0.2) is 0 Å². The van der Waals surface area contributed by atoms with E-state index in [1.165, 1.54) is 38.5 Å². The van der Waals surface area contributed by atoms with Crippen molar-refractivity contribution >= 4 is 0 Å². The molecule has 0 aromatic heterocycles. The maximum Gasteiger partial charge on any atom is -0.0326 e. The molecule has 0 aliphatic heterocycles. The lowest BCUT2D eigenvalue weighted by Crippen LogP contribution is -2.30. The summed E-state index contributed by atoms with van der Waals surface area (Å²) in [5, 5.41) is 0. The van der Waals surface area contributed by atoms with E-state index >= 15 is 0 Å². The highest BCUT2D eigenvalue weighted by molar-refractivity contribution is 4.88. The van der Waals surface area contributed by atoms with Gasteiger partial charge in [-0.1, -0.05) is 20.3 Å². The summed E-state index contributed by atoms with van der Waals surface area (Å²) < 4.78 is 0. The van der Waals surface area contributed by atoms with Gasteiger partial charge in [0, 0.05) is 0 Å². The van der Waals surface area contributed by atoms with Crippen molar-refractivity contribution in [3.05, 3.63) is 0 Å². The van der Waals surface area contributed by atoms with Crippen LogP contribution in [-0.2, 0) is 0 Å². The normalized spacial score (nSPS) is 51.2. The summed E-state index contributed by atoms with van der Waals surface area (Å²) >= 11 is 0. The SMILES string of the molecule is CC12CCC(CC1)CC2.CC1CC2CCC1C2. The molecule has 0 heteroatoms. The maximum absolute atomic E-state index is 2.47. The Balaban J connectivity index is 0.000000107. The van der Waals surface area contributed by atoms with Gasteiger partial charge in [0.2, 0.25) is 0 Å². The Morgan fingerprint density at radius 2 is 1.41 bits per heavy atom. The van der Waals surface area contributed by atoms with Gasteiger partial charge in [0.05, 0.1) is 0 Å². The molecule has 0 nitrogen and oxygen atoms in total. The fourth-order valence-electron chi connectivity index (χ4n) is 5.03. The average Bonchev–Trinajstić information content (AvgIpc) is 2.92. The van der Waals surface area contributed by atoms with Gasteiger partial charge in [-0.25, -0.2) is 0 Å². The molecule has 5 aliphatic carbocycles. The van der Waals surface area contributed by atoms with Gasteiger partial charge in [0.1, 0.15) is 0 Å². The summed E-state index contributed by atoms with van der Waals surface area (Å²) in [6.07, 6.45) is 15.4. The Morgan fingerprint density at radius 3 is 1.65 bits per heavy atom. The summed E-state index contributed by atoms with van der Waals surface area (Å²) in [6.45, 7) is 4.90. The highest BCUT2D eigenvalue weighted by Gasteiger charge is 2.37. The monoisotopic (exact) mass is 234 g/mol. The van der Waals surface area contributed by atoms with E-state index in [-0.39, 0.29) is 0 Å². The lowest BCUT2D eigenvalue weighted by atomic mass is 9.62. The summed E-state index contributed by atoms with van der Waals surface area (Å²) in [5.74, 6) is 4.50. The van der Waals surface area contributed by atoms with Crippen LogP contribution in [0.1, 0.15) is 78.1 Å². The van der Waals surface area contributed by atoms with Crippen LogP contribution in [-0.4, -0.2) is 0 Å². The van der Waals surface area contributed by atoms with Crippen molar-refractivity contribution in [2.75, 3.05) is 0 Å². The molecule has 0 aromatic carbocycles. The van der Waals surface area contributed by atoms with Crippen LogP contribution in [0.2, 0.25) is 0 Å². The Kier molecular flexibility index (Phi) is 3.26. The van der Waals surface area contributed by atoms with E-state index in [0.717, 1.165) is 29.1 Å². The summed E-state index contributed by atoms with van der Waals surface area (Å²) in [4.78, 5) is 0. The fraction of sp³-hybridized carbons (Fsp3) is 1.00. The van der Waals surface area contributed by atoms with Gasteiger partial charge < -0.3 is 0 Å². The highest BCUT2D eigenvalue weighted by atomic mass is 14.4. The summed E-state index contributed by atoms with van der Waals surface area (Å²) in [5.41, 5.74) is 0.786. The molecule has 5 rings (SSSR count).